The molecule has 0 radical (unpaired) electrons. The quantitative estimate of drug-likeness (QED) is 0.185. The molecule has 12 rings (SSSR count). The van der Waals surface area contributed by atoms with Crippen LogP contribution in [0, 0.1) is 0 Å². The van der Waals surface area contributed by atoms with Gasteiger partial charge >= 0.3 is 0 Å². The predicted octanol–water partition coefficient (Wildman–Crippen LogP) is 13.5. The summed E-state index contributed by atoms with van der Waals surface area (Å²) in [6.07, 6.45) is 0. The molecular formula is C48H27N3OS. The maximum atomic E-state index is 7.03. The van der Waals surface area contributed by atoms with Gasteiger partial charge in [-0.25, -0.2) is 9.97 Å². The summed E-state index contributed by atoms with van der Waals surface area (Å²) in [5.41, 5.74) is 8.87. The molecule has 246 valence electrons. The van der Waals surface area contributed by atoms with E-state index in [0.29, 0.717) is 5.95 Å². The average molecular weight is 694 g/mol. The molecule has 0 bridgehead atoms. The molecule has 4 nitrogen and oxygen atoms in total. The fourth-order valence-corrected chi connectivity index (χ4v) is 9.61. The number of benzene rings is 8. The molecule has 0 atom stereocenters. The van der Waals surface area contributed by atoms with E-state index in [1.54, 1.807) is 0 Å². The van der Waals surface area contributed by atoms with Crippen molar-refractivity contribution < 1.29 is 4.42 Å². The molecule has 0 saturated heterocycles. The molecule has 0 aliphatic heterocycles. The number of furan rings is 1. The molecule has 53 heavy (non-hydrogen) atoms. The second-order valence-corrected chi connectivity index (χ2v) is 14.8. The number of hydrogen-bond acceptors (Lipinski definition) is 4. The Morgan fingerprint density at radius 3 is 2.04 bits per heavy atom. The third-order valence-corrected chi connectivity index (χ3v) is 11.9. The van der Waals surface area contributed by atoms with Gasteiger partial charge in [-0.05, 0) is 58.3 Å². The second-order valence-electron chi connectivity index (χ2n) is 13.7. The molecule has 8 aromatic carbocycles. The SMILES string of the molecule is c1ccc(-c2cc3oc4c(ccc5c6ccccc6n(-c6nc(-c7ccc8c(c7)sc7ccccc78)c7ccccc7n6)c54)c3c3ccccc23)cc1. The molecule has 0 aliphatic carbocycles. The van der Waals surface area contributed by atoms with Crippen LogP contribution in [0.15, 0.2) is 168 Å². The van der Waals surface area contributed by atoms with Crippen molar-refractivity contribution in [3.8, 4) is 28.3 Å². The summed E-state index contributed by atoms with van der Waals surface area (Å²) >= 11 is 1.82. The van der Waals surface area contributed by atoms with E-state index < -0.39 is 0 Å². The van der Waals surface area contributed by atoms with Crippen LogP contribution in [0.5, 0.6) is 0 Å². The number of aromatic nitrogens is 3. The van der Waals surface area contributed by atoms with Gasteiger partial charge in [-0.1, -0.05) is 127 Å². The Labute approximate surface area is 306 Å². The van der Waals surface area contributed by atoms with Gasteiger partial charge in [0.25, 0.3) is 0 Å². The highest BCUT2D eigenvalue weighted by Crippen LogP contribution is 2.45. The van der Waals surface area contributed by atoms with E-state index in [1.165, 1.54) is 30.9 Å². The topological polar surface area (TPSA) is 43.9 Å². The lowest BCUT2D eigenvalue weighted by molar-refractivity contribution is 0.671. The Balaban J connectivity index is 1.18. The minimum absolute atomic E-state index is 0.615. The number of nitrogens with zero attached hydrogens (tertiary/aromatic N) is 3. The van der Waals surface area contributed by atoms with Gasteiger partial charge in [-0.2, -0.15) is 0 Å². The molecule has 0 amide bonds. The number of thiophene rings is 1. The number of fused-ring (bicyclic) bond motifs is 13. The van der Waals surface area contributed by atoms with Crippen molar-refractivity contribution in [3.05, 3.63) is 164 Å². The van der Waals surface area contributed by atoms with Gasteiger partial charge in [0.15, 0.2) is 5.58 Å². The van der Waals surface area contributed by atoms with Crippen LogP contribution in [0.3, 0.4) is 0 Å². The van der Waals surface area contributed by atoms with Crippen LogP contribution in [0.25, 0.3) is 114 Å². The fourth-order valence-electron chi connectivity index (χ4n) is 8.47. The normalized spacial score (nSPS) is 12.2. The van der Waals surface area contributed by atoms with E-state index in [-0.39, 0.29) is 0 Å². The van der Waals surface area contributed by atoms with Crippen LogP contribution in [-0.2, 0) is 0 Å². The number of para-hydroxylation sites is 2. The maximum absolute atomic E-state index is 7.03. The maximum Gasteiger partial charge on any atom is 0.235 e. The second kappa shape index (κ2) is 10.8. The van der Waals surface area contributed by atoms with E-state index in [0.717, 1.165) is 77.0 Å². The van der Waals surface area contributed by atoms with Crippen molar-refractivity contribution in [3.63, 3.8) is 0 Å². The van der Waals surface area contributed by atoms with Gasteiger partial charge in [0, 0.05) is 52.7 Å². The Morgan fingerprint density at radius 2 is 1.15 bits per heavy atom. The minimum Gasteiger partial charge on any atom is -0.454 e. The first-order valence-electron chi connectivity index (χ1n) is 17.8. The van der Waals surface area contributed by atoms with Crippen LogP contribution in [0.1, 0.15) is 0 Å². The van der Waals surface area contributed by atoms with Gasteiger partial charge in [0.05, 0.1) is 16.7 Å². The lowest BCUT2D eigenvalue weighted by atomic mass is 9.95. The lowest BCUT2D eigenvalue weighted by Crippen LogP contribution is -2.03. The van der Waals surface area contributed by atoms with Crippen molar-refractivity contribution >= 4 is 96.9 Å². The minimum atomic E-state index is 0.615. The zero-order valence-electron chi connectivity index (χ0n) is 28.2. The van der Waals surface area contributed by atoms with Crippen molar-refractivity contribution in [1.29, 1.82) is 0 Å². The van der Waals surface area contributed by atoms with Crippen LogP contribution in [-0.4, -0.2) is 14.5 Å². The molecule has 4 heterocycles. The number of hydrogen-bond donors (Lipinski definition) is 0. The molecule has 4 aromatic heterocycles. The molecular weight excluding hydrogens is 667 g/mol. The number of rotatable bonds is 3. The van der Waals surface area contributed by atoms with E-state index in [4.69, 9.17) is 14.4 Å². The summed E-state index contributed by atoms with van der Waals surface area (Å²) in [7, 11) is 0. The highest BCUT2D eigenvalue weighted by atomic mass is 32.1. The van der Waals surface area contributed by atoms with Gasteiger partial charge in [0.1, 0.15) is 11.1 Å². The Kier molecular flexibility index (Phi) is 5.90. The highest BCUT2D eigenvalue weighted by Gasteiger charge is 2.23. The van der Waals surface area contributed by atoms with Crippen molar-refractivity contribution in [2.75, 3.05) is 0 Å². The molecule has 0 N–H and O–H groups in total. The monoisotopic (exact) mass is 693 g/mol. The summed E-state index contributed by atoms with van der Waals surface area (Å²) in [4.78, 5) is 10.7. The summed E-state index contributed by atoms with van der Waals surface area (Å²) in [5, 5.41) is 10.4. The fraction of sp³-hybridized carbons (Fsp3) is 0. The molecule has 12 aromatic rings. The van der Waals surface area contributed by atoms with Crippen LogP contribution >= 0.6 is 11.3 Å². The summed E-state index contributed by atoms with van der Waals surface area (Å²) in [5.74, 6) is 0.615. The van der Waals surface area contributed by atoms with Crippen LogP contribution < -0.4 is 0 Å². The van der Waals surface area contributed by atoms with Crippen molar-refractivity contribution in [2.24, 2.45) is 0 Å². The standard InChI is InChI=1S/C48H27N3OS/c1-2-12-28(13-3-1)38-27-41-44(34-17-5-4-14-30(34)38)37-25-24-35-31-15-7-10-20-40(31)51(46(35)47(37)52-41)48-49-39-19-9-6-18-36(39)45(50-48)29-22-23-33-32-16-8-11-21-42(32)53-43(33)26-29/h1-27H. The zero-order valence-corrected chi connectivity index (χ0v) is 29.1. The van der Waals surface area contributed by atoms with E-state index in [2.05, 4.69) is 168 Å². The van der Waals surface area contributed by atoms with Gasteiger partial charge in [-0.3, -0.25) is 4.57 Å². The molecule has 0 unspecified atom stereocenters. The van der Waals surface area contributed by atoms with E-state index in [9.17, 15) is 0 Å². The molecule has 5 heteroatoms. The molecule has 0 aliphatic rings. The Hall–Kier alpha value is -6.82. The van der Waals surface area contributed by atoms with E-state index in [1.807, 2.05) is 11.3 Å². The third-order valence-electron chi connectivity index (χ3n) is 10.8. The Bertz CT molecular complexity index is 3460. The Morgan fingerprint density at radius 1 is 0.472 bits per heavy atom. The molecule has 0 spiro atoms. The smallest absolute Gasteiger partial charge is 0.235 e. The predicted molar refractivity (Wildman–Crippen MR) is 222 cm³/mol. The lowest BCUT2D eigenvalue weighted by Gasteiger charge is -2.12. The first-order valence-corrected chi connectivity index (χ1v) is 18.6. The summed E-state index contributed by atoms with van der Waals surface area (Å²) < 4.78 is 11.8. The summed E-state index contributed by atoms with van der Waals surface area (Å²) in [6, 6.07) is 58.1. The third kappa shape index (κ3) is 4.11. The first kappa shape index (κ1) is 28.8. The van der Waals surface area contributed by atoms with Crippen molar-refractivity contribution in [1.82, 2.24) is 14.5 Å². The van der Waals surface area contributed by atoms with Crippen LogP contribution in [0.4, 0.5) is 0 Å². The van der Waals surface area contributed by atoms with Crippen molar-refractivity contribution in [2.45, 2.75) is 0 Å². The van der Waals surface area contributed by atoms with E-state index >= 15 is 0 Å². The first-order chi connectivity index (χ1) is 26.3. The molecule has 0 saturated carbocycles. The highest BCUT2D eigenvalue weighted by molar-refractivity contribution is 7.25. The van der Waals surface area contributed by atoms with Gasteiger partial charge < -0.3 is 4.42 Å². The largest absolute Gasteiger partial charge is 0.454 e. The van der Waals surface area contributed by atoms with Gasteiger partial charge in [0.2, 0.25) is 5.95 Å². The van der Waals surface area contributed by atoms with Gasteiger partial charge in [-0.15, -0.1) is 11.3 Å². The summed E-state index contributed by atoms with van der Waals surface area (Å²) in [6.45, 7) is 0. The average Bonchev–Trinajstić information content (AvgIpc) is 3.90. The van der Waals surface area contributed by atoms with Crippen LogP contribution in [0.2, 0.25) is 0 Å². The molecule has 0 fully saturated rings. The zero-order chi connectivity index (χ0) is 34.6.